The number of benzene rings is 2. The summed E-state index contributed by atoms with van der Waals surface area (Å²) in [6.45, 7) is 7.02. The third kappa shape index (κ3) is 7.43. The SMILES string of the molecule is COc1ccc(CNC(=S)N(CCCN2CCOCC2)Cc2cccc(Cl)c2)cc1. The smallest absolute Gasteiger partial charge is 0.169 e. The second-order valence-electron chi connectivity index (χ2n) is 7.37. The Kier molecular flexibility index (Phi) is 9.21. The van der Waals surface area contributed by atoms with Gasteiger partial charge in [-0.15, -0.1) is 0 Å². The van der Waals surface area contributed by atoms with Gasteiger partial charge in [0.05, 0.1) is 20.3 Å². The van der Waals surface area contributed by atoms with Crippen LogP contribution in [0.1, 0.15) is 17.5 Å². The van der Waals surface area contributed by atoms with Crippen LogP contribution in [0.15, 0.2) is 48.5 Å². The molecule has 1 saturated heterocycles. The zero-order valence-corrected chi connectivity index (χ0v) is 19.1. The lowest BCUT2D eigenvalue weighted by molar-refractivity contribution is 0.0367. The first-order valence-electron chi connectivity index (χ1n) is 10.3. The molecule has 3 rings (SSSR count). The van der Waals surface area contributed by atoms with Crippen LogP contribution in [-0.2, 0) is 17.8 Å². The van der Waals surface area contributed by atoms with Crippen molar-refractivity contribution >= 4 is 28.9 Å². The summed E-state index contributed by atoms with van der Waals surface area (Å²) >= 11 is 11.9. The zero-order valence-electron chi connectivity index (χ0n) is 17.5. The Hall–Kier alpha value is -1.86. The number of hydrogen-bond donors (Lipinski definition) is 1. The molecular weight excluding hydrogens is 418 g/mol. The number of methoxy groups -OCH3 is 1. The van der Waals surface area contributed by atoms with Crippen molar-refractivity contribution in [3.05, 3.63) is 64.7 Å². The Bertz CT molecular complexity index is 797. The topological polar surface area (TPSA) is 37.0 Å². The Labute approximate surface area is 189 Å². The second-order valence-corrected chi connectivity index (χ2v) is 8.19. The van der Waals surface area contributed by atoms with E-state index >= 15 is 0 Å². The predicted molar refractivity (Wildman–Crippen MR) is 126 cm³/mol. The van der Waals surface area contributed by atoms with E-state index in [2.05, 4.69) is 21.2 Å². The number of ether oxygens (including phenoxy) is 2. The van der Waals surface area contributed by atoms with Gasteiger partial charge < -0.3 is 19.7 Å². The molecule has 1 fully saturated rings. The molecule has 0 spiro atoms. The fourth-order valence-corrected chi connectivity index (χ4v) is 3.89. The summed E-state index contributed by atoms with van der Waals surface area (Å²) in [7, 11) is 1.67. The molecule has 0 aromatic heterocycles. The molecule has 0 aliphatic carbocycles. The van der Waals surface area contributed by atoms with Crippen molar-refractivity contribution in [2.45, 2.75) is 19.5 Å². The molecular formula is C23H30ClN3O2S. The molecule has 5 nitrogen and oxygen atoms in total. The Balaban J connectivity index is 1.56. The van der Waals surface area contributed by atoms with Gasteiger partial charge in [0.1, 0.15) is 5.75 Å². The first-order chi connectivity index (χ1) is 14.6. The highest BCUT2D eigenvalue weighted by Crippen LogP contribution is 2.14. The lowest BCUT2D eigenvalue weighted by Crippen LogP contribution is -2.42. The lowest BCUT2D eigenvalue weighted by atomic mass is 10.2. The van der Waals surface area contributed by atoms with E-state index in [1.54, 1.807) is 7.11 Å². The van der Waals surface area contributed by atoms with Crippen LogP contribution in [0.4, 0.5) is 0 Å². The number of rotatable bonds is 9. The molecule has 7 heteroatoms. The number of hydrogen-bond acceptors (Lipinski definition) is 4. The summed E-state index contributed by atoms with van der Waals surface area (Å²) in [6, 6.07) is 16.0. The maximum Gasteiger partial charge on any atom is 0.169 e. The molecule has 0 bridgehead atoms. The first kappa shape index (κ1) is 22.8. The predicted octanol–water partition coefficient (Wildman–Crippen LogP) is 3.95. The van der Waals surface area contributed by atoms with Crippen LogP contribution in [0.3, 0.4) is 0 Å². The van der Waals surface area contributed by atoms with Crippen molar-refractivity contribution in [3.8, 4) is 5.75 Å². The number of nitrogens with zero attached hydrogens (tertiary/aromatic N) is 2. The highest BCUT2D eigenvalue weighted by Gasteiger charge is 2.14. The number of thiocarbonyl (C=S) groups is 1. The van der Waals surface area contributed by atoms with Crippen LogP contribution in [0.2, 0.25) is 5.02 Å². The van der Waals surface area contributed by atoms with Crippen molar-refractivity contribution < 1.29 is 9.47 Å². The van der Waals surface area contributed by atoms with Crippen LogP contribution in [0.25, 0.3) is 0 Å². The zero-order chi connectivity index (χ0) is 21.2. The monoisotopic (exact) mass is 447 g/mol. The average Bonchev–Trinajstić information content (AvgIpc) is 2.78. The maximum absolute atomic E-state index is 6.18. The summed E-state index contributed by atoms with van der Waals surface area (Å²) in [5.74, 6) is 0.854. The van der Waals surface area contributed by atoms with Gasteiger partial charge in [0.2, 0.25) is 0 Å². The van der Waals surface area contributed by atoms with Crippen LogP contribution in [0.5, 0.6) is 5.75 Å². The van der Waals surface area contributed by atoms with E-state index in [0.717, 1.165) is 79.4 Å². The van der Waals surface area contributed by atoms with Gasteiger partial charge >= 0.3 is 0 Å². The van der Waals surface area contributed by atoms with Crippen molar-refractivity contribution in [3.63, 3.8) is 0 Å². The van der Waals surface area contributed by atoms with Crippen molar-refractivity contribution in [2.75, 3.05) is 46.5 Å². The minimum atomic E-state index is 0.679. The fourth-order valence-electron chi connectivity index (χ4n) is 3.45. The molecule has 1 N–H and O–H groups in total. The summed E-state index contributed by atoms with van der Waals surface area (Å²) in [4.78, 5) is 4.68. The average molecular weight is 448 g/mol. The van der Waals surface area contributed by atoms with Crippen molar-refractivity contribution in [2.24, 2.45) is 0 Å². The molecule has 30 heavy (non-hydrogen) atoms. The van der Waals surface area contributed by atoms with Crippen LogP contribution < -0.4 is 10.1 Å². The van der Waals surface area contributed by atoms with E-state index in [0.29, 0.717) is 6.54 Å². The molecule has 0 unspecified atom stereocenters. The lowest BCUT2D eigenvalue weighted by Gasteiger charge is -2.29. The third-order valence-electron chi connectivity index (χ3n) is 5.16. The Morgan fingerprint density at radius 2 is 1.93 bits per heavy atom. The Morgan fingerprint density at radius 1 is 1.17 bits per heavy atom. The molecule has 0 saturated carbocycles. The van der Waals surface area contributed by atoms with Gasteiger partial charge in [-0.05, 0) is 54.0 Å². The van der Waals surface area contributed by atoms with Gasteiger partial charge in [-0.1, -0.05) is 35.9 Å². The van der Waals surface area contributed by atoms with E-state index in [-0.39, 0.29) is 0 Å². The fraction of sp³-hybridized carbons (Fsp3) is 0.435. The summed E-state index contributed by atoms with van der Waals surface area (Å²) in [5, 5.41) is 4.92. The first-order valence-corrected chi connectivity index (χ1v) is 11.1. The maximum atomic E-state index is 6.18. The van der Waals surface area contributed by atoms with Crippen LogP contribution in [-0.4, -0.2) is 61.4 Å². The third-order valence-corrected chi connectivity index (χ3v) is 5.80. The minimum absolute atomic E-state index is 0.679. The van der Waals surface area contributed by atoms with Gasteiger partial charge in [0, 0.05) is 44.3 Å². The minimum Gasteiger partial charge on any atom is -0.497 e. The molecule has 162 valence electrons. The summed E-state index contributed by atoms with van der Waals surface area (Å²) < 4.78 is 10.7. The molecule has 2 aromatic carbocycles. The van der Waals surface area contributed by atoms with E-state index in [9.17, 15) is 0 Å². The highest BCUT2D eigenvalue weighted by molar-refractivity contribution is 7.80. The molecule has 0 atom stereocenters. The van der Waals surface area contributed by atoms with E-state index in [4.69, 9.17) is 33.3 Å². The van der Waals surface area contributed by atoms with Crippen molar-refractivity contribution in [1.82, 2.24) is 15.1 Å². The molecule has 1 aliphatic heterocycles. The summed E-state index contributed by atoms with van der Waals surface area (Å²) in [6.07, 6.45) is 1.05. The number of nitrogens with one attached hydrogen (secondary N) is 1. The molecule has 0 amide bonds. The quantitative estimate of drug-likeness (QED) is 0.586. The van der Waals surface area contributed by atoms with Crippen molar-refractivity contribution in [1.29, 1.82) is 0 Å². The Morgan fingerprint density at radius 3 is 2.63 bits per heavy atom. The number of morpholine rings is 1. The van der Waals surface area contributed by atoms with Crippen LogP contribution in [0, 0.1) is 0 Å². The standard InChI is InChI=1S/C23H30ClN3O2S/c1-28-22-8-6-19(7-9-22)17-25-23(30)27(18-20-4-2-5-21(24)16-20)11-3-10-26-12-14-29-15-13-26/h2,4-9,16H,3,10-15,17-18H2,1H3,(H,25,30). The highest BCUT2D eigenvalue weighted by atomic mass is 35.5. The van der Waals surface area contributed by atoms with Crippen LogP contribution >= 0.6 is 23.8 Å². The van der Waals surface area contributed by atoms with Gasteiger partial charge in [-0.2, -0.15) is 0 Å². The molecule has 0 radical (unpaired) electrons. The van der Waals surface area contributed by atoms with Gasteiger partial charge in [-0.25, -0.2) is 0 Å². The largest absolute Gasteiger partial charge is 0.497 e. The van der Waals surface area contributed by atoms with E-state index in [1.165, 1.54) is 0 Å². The number of halogens is 1. The molecule has 1 heterocycles. The van der Waals surface area contributed by atoms with Gasteiger partial charge in [-0.3, -0.25) is 4.90 Å². The second kappa shape index (κ2) is 12.1. The van der Waals surface area contributed by atoms with Gasteiger partial charge in [0.25, 0.3) is 0 Å². The van der Waals surface area contributed by atoms with E-state index in [1.807, 2.05) is 42.5 Å². The van der Waals surface area contributed by atoms with Gasteiger partial charge in [0.15, 0.2) is 5.11 Å². The molecule has 2 aromatic rings. The van der Waals surface area contributed by atoms with E-state index < -0.39 is 0 Å². The molecule has 1 aliphatic rings. The summed E-state index contributed by atoms with van der Waals surface area (Å²) in [5.41, 5.74) is 2.32. The normalized spacial score (nSPS) is 14.3.